The summed E-state index contributed by atoms with van der Waals surface area (Å²) in [7, 11) is 0. The van der Waals surface area contributed by atoms with Crippen molar-refractivity contribution in [3.05, 3.63) is 17.6 Å². The van der Waals surface area contributed by atoms with Crippen LogP contribution in [-0.2, 0) is 12.8 Å². The third-order valence-corrected chi connectivity index (χ3v) is 4.00. The normalized spacial score (nSPS) is 17.1. The number of anilines is 1. The largest absolute Gasteiger partial charge is 0.366 e. The van der Waals surface area contributed by atoms with E-state index in [0.29, 0.717) is 11.8 Å². The second-order valence-corrected chi connectivity index (χ2v) is 5.67. The molecular formula is C14H22ClN3. The Morgan fingerprint density at radius 2 is 2.00 bits per heavy atom. The van der Waals surface area contributed by atoms with Gasteiger partial charge < -0.3 is 5.32 Å². The number of rotatable bonds is 4. The molecule has 18 heavy (non-hydrogen) atoms. The van der Waals surface area contributed by atoms with E-state index < -0.39 is 0 Å². The van der Waals surface area contributed by atoms with Crippen molar-refractivity contribution in [1.82, 2.24) is 9.97 Å². The molecule has 1 heterocycles. The van der Waals surface area contributed by atoms with Gasteiger partial charge in [0.2, 0.25) is 0 Å². The highest BCUT2D eigenvalue weighted by molar-refractivity contribution is 6.18. The minimum atomic E-state index is 0.272. The number of aromatic nitrogens is 2. The molecule has 0 radical (unpaired) electrons. The first kappa shape index (κ1) is 13.6. The maximum Gasteiger partial charge on any atom is 0.133 e. The van der Waals surface area contributed by atoms with Crippen LogP contribution in [0.5, 0.6) is 0 Å². The van der Waals surface area contributed by atoms with Gasteiger partial charge in [0.25, 0.3) is 0 Å². The van der Waals surface area contributed by atoms with Crippen LogP contribution in [0.25, 0.3) is 0 Å². The molecule has 0 spiro atoms. The van der Waals surface area contributed by atoms with E-state index in [2.05, 4.69) is 29.1 Å². The van der Waals surface area contributed by atoms with E-state index in [1.165, 1.54) is 30.5 Å². The van der Waals surface area contributed by atoms with E-state index >= 15 is 0 Å². The molecule has 0 amide bonds. The lowest BCUT2D eigenvalue weighted by atomic mass is 10.0. The summed E-state index contributed by atoms with van der Waals surface area (Å²) in [6.45, 7) is 4.36. The van der Waals surface area contributed by atoms with Crippen LogP contribution in [0.15, 0.2) is 6.33 Å². The van der Waals surface area contributed by atoms with E-state index in [9.17, 15) is 0 Å². The van der Waals surface area contributed by atoms with Crippen molar-refractivity contribution >= 4 is 17.4 Å². The van der Waals surface area contributed by atoms with Crippen molar-refractivity contribution in [2.45, 2.75) is 52.0 Å². The summed E-state index contributed by atoms with van der Waals surface area (Å²) >= 11 is 6.02. The van der Waals surface area contributed by atoms with Gasteiger partial charge in [0.15, 0.2) is 0 Å². The van der Waals surface area contributed by atoms with Gasteiger partial charge in [-0.05, 0) is 31.6 Å². The quantitative estimate of drug-likeness (QED) is 0.671. The lowest BCUT2D eigenvalue weighted by Crippen LogP contribution is -2.28. The van der Waals surface area contributed by atoms with Gasteiger partial charge in [0.1, 0.15) is 12.1 Å². The molecule has 0 saturated carbocycles. The first-order valence-electron chi connectivity index (χ1n) is 6.87. The van der Waals surface area contributed by atoms with Crippen molar-refractivity contribution < 1.29 is 0 Å². The highest BCUT2D eigenvalue weighted by Gasteiger charge is 2.18. The van der Waals surface area contributed by atoms with Gasteiger partial charge in [0, 0.05) is 23.2 Å². The molecule has 1 unspecified atom stereocenters. The predicted octanol–water partition coefficient (Wildman–Crippen LogP) is 3.42. The van der Waals surface area contributed by atoms with Gasteiger partial charge in [-0.1, -0.05) is 20.3 Å². The fraction of sp³-hybridized carbons (Fsp3) is 0.714. The maximum absolute atomic E-state index is 6.02. The number of fused-ring (bicyclic) bond motifs is 1. The molecule has 0 aliphatic heterocycles. The summed E-state index contributed by atoms with van der Waals surface area (Å²) in [6, 6.07) is 0.272. The lowest BCUT2D eigenvalue weighted by Gasteiger charge is -2.22. The van der Waals surface area contributed by atoms with Crippen molar-refractivity contribution in [3.63, 3.8) is 0 Å². The lowest BCUT2D eigenvalue weighted by molar-refractivity contribution is 0.561. The van der Waals surface area contributed by atoms with Crippen LogP contribution >= 0.6 is 11.6 Å². The number of halogens is 1. The Balaban J connectivity index is 2.22. The number of hydrogen-bond acceptors (Lipinski definition) is 3. The smallest absolute Gasteiger partial charge is 0.133 e. The number of aryl methyl sites for hydroxylation is 1. The average molecular weight is 268 g/mol. The maximum atomic E-state index is 6.02. The molecule has 0 aromatic carbocycles. The van der Waals surface area contributed by atoms with Gasteiger partial charge >= 0.3 is 0 Å². The Bertz CT molecular complexity index is 393. The fourth-order valence-corrected chi connectivity index (χ4v) is 2.81. The number of nitrogens with one attached hydrogen (secondary N) is 1. The van der Waals surface area contributed by atoms with E-state index in [4.69, 9.17) is 11.6 Å². The Morgan fingerprint density at radius 3 is 2.72 bits per heavy atom. The van der Waals surface area contributed by atoms with E-state index in [0.717, 1.165) is 18.7 Å². The van der Waals surface area contributed by atoms with Gasteiger partial charge in [-0.25, -0.2) is 9.97 Å². The van der Waals surface area contributed by atoms with Crippen molar-refractivity contribution in [2.24, 2.45) is 5.92 Å². The SMILES string of the molecule is CC(C)C(CCl)Nc1ncnc2c1CCCCC2. The molecule has 100 valence electrons. The van der Waals surface area contributed by atoms with Gasteiger partial charge in [0.05, 0.1) is 0 Å². The second-order valence-electron chi connectivity index (χ2n) is 5.36. The van der Waals surface area contributed by atoms with Gasteiger partial charge in [-0.3, -0.25) is 0 Å². The first-order valence-corrected chi connectivity index (χ1v) is 7.41. The predicted molar refractivity (Wildman–Crippen MR) is 76.3 cm³/mol. The first-order chi connectivity index (χ1) is 8.72. The van der Waals surface area contributed by atoms with Crippen LogP contribution in [0.4, 0.5) is 5.82 Å². The molecule has 1 atom stereocenters. The van der Waals surface area contributed by atoms with Gasteiger partial charge in [-0.15, -0.1) is 11.6 Å². The third kappa shape index (κ3) is 3.14. The highest BCUT2D eigenvalue weighted by atomic mass is 35.5. The minimum Gasteiger partial charge on any atom is -0.366 e. The van der Waals surface area contributed by atoms with E-state index in [-0.39, 0.29) is 6.04 Å². The number of hydrogen-bond donors (Lipinski definition) is 1. The van der Waals surface area contributed by atoms with E-state index in [1.54, 1.807) is 6.33 Å². The second kappa shape index (κ2) is 6.37. The summed E-state index contributed by atoms with van der Waals surface area (Å²) in [5.41, 5.74) is 2.54. The number of alkyl halides is 1. The molecule has 4 heteroatoms. The molecule has 3 nitrogen and oxygen atoms in total. The molecule has 1 aromatic rings. The Kier molecular flexibility index (Phi) is 4.81. The van der Waals surface area contributed by atoms with Crippen molar-refractivity contribution in [1.29, 1.82) is 0 Å². The van der Waals surface area contributed by atoms with Crippen LogP contribution in [0.1, 0.15) is 44.4 Å². The zero-order chi connectivity index (χ0) is 13.0. The summed E-state index contributed by atoms with van der Waals surface area (Å²) in [5.74, 6) is 2.11. The fourth-order valence-electron chi connectivity index (χ4n) is 2.38. The molecular weight excluding hydrogens is 246 g/mol. The van der Waals surface area contributed by atoms with Crippen molar-refractivity contribution in [2.75, 3.05) is 11.2 Å². The zero-order valence-electron chi connectivity index (χ0n) is 11.2. The third-order valence-electron chi connectivity index (χ3n) is 3.67. The Morgan fingerprint density at radius 1 is 1.22 bits per heavy atom. The van der Waals surface area contributed by atoms with Crippen LogP contribution in [0, 0.1) is 5.92 Å². The average Bonchev–Trinajstić information content (AvgIpc) is 2.61. The van der Waals surface area contributed by atoms with Crippen LogP contribution in [0.3, 0.4) is 0 Å². The van der Waals surface area contributed by atoms with Crippen LogP contribution < -0.4 is 5.32 Å². The Hall–Kier alpha value is -0.830. The molecule has 1 aromatic heterocycles. The molecule has 0 bridgehead atoms. The van der Waals surface area contributed by atoms with E-state index in [1.807, 2.05) is 0 Å². The zero-order valence-corrected chi connectivity index (χ0v) is 12.0. The molecule has 1 aliphatic rings. The summed E-state index contributed by atoms with van der Waals surface area (Å²) < 4.78 is 0. The summed E-state index contributed by atoms with van der Waals surface area (Å²) in [6.07, 6.45) is 7.62. The monoisotopic (exact) mass is 267 g/mol. The van der Waals surface area contributed by atoms with Crippen LogP contribution in [-0.4, -0.2) is 21.9 Å². The standard InChI is InChI=1S/C14H22ClN3/c1-10(2)13(8-15)18-14-11-6-4-3-5-7-12(11)16-9-17-14/h9-10,13H,3-8H2,1-2H3,(H,16,17,18). The highest BCUT2D eigenvalue weighted by Crippen LogP contribution is 2.25. The van der Waals surface area contributed by atoms with Crippen LogP contribution in [0.2, 0.25) is 0 Å². The molecule has 1 aliphatic carbocycles. The minimum absolute atomic E-state index is 0.272. The molecule has 0 fully saturated rings. The topological polar surface area (TPSA) is 37.8 Å². The molecule has 1 N–H and O–H groups in total. The van der Waals surface area contributed by atoms with Gasteiger partial charge in [-0.2, -0.15) is 0 Å². The molecule has 2 rings (SSSR count). The Labute approximate surface area is 114 Å². The molecule has 0 saturated heterocycles. The summed E-state index contributed by atoms with van der Waals surface area (Å²) in [5, 5.41) is 3.50. The summed E-state index contributed by atoms with van der Waals surface area (Å²) in [4.78, 5) is 8.86. The van der Waals surface area contributed by atoms with Crippen molar-refractivity contribution in [3.8, 4) is 0 Å². The number of nitrogens with zero attached hydrogens (tertiary/aromatic N) is 2.